The molecule has 2 rings (SSSR count). The van der Waals surface area contributed by atoms with E-state index in [2.05, 4.69) is 0 Å². The topological polar surface area (TPSA) is 63.7 Å². The number of hydrogen-bond acceptors (Lipinski definition) is 4. The molecule has 1 fully saturated rings. The Morgan fingerprint density at radius 2 is 2.05 bits per heavy atom. The van der Waals surface area contributed by atoms with Crippen LogP contribution in [0.2, 0.25) is 0 Å². The number of carbonyl (C=O) groups is 1. The summed E-state index contributed by atoms with van der Waals surface area (Å²) in [6.45, 7) is 3.54. The average molecular weight is 304 g/mol. The van der Waals surface area contributed by atoms with Crippen molar-refractivity contribution in [1.82, 2.24) is 4.31 Å². The van der Waals surface area contributed by atoms with Crippen LogP contribution >= 0.6 is 10.7 Å². The SMILES string of the molecule is COc1ccc(C)cc1C1(C)CC(=O)N1S(=O)(=O)Cl. The largest absolute Gasteiger partial charge is 0.496 e. The number of aryl methyl sites for hydroxylation is 1. The molecule has 5 nitrogen and oxygen atoms in total. The summed E-state index contributed by atoms with van der Waals surface area (Å²) in [6, 6.07) is 5.41. The molecule has 0 aromatic heterocycles. The van der Waals surface area contributed by atoms with Crippen LogP contribution in [-0.2, 0) is 19.6 Å². The van der Waals surface area contributed by atoms with Crippen molar-refractivity contribution in [1.29, 1.82) is 0 Å². The second kappa shape index (κ2) is 4.38. The van der Waals surface area contributed by atoms with Gasteiger partial charge in [-0.25, -0.2) is 4.31 Å². The molecule has 1 unspecified atom stereocenters. The number of carbonyl (C=O) groups excluding carboxylic acids is 1. The first-order valence-electron chi connectivity index (χ1n) is 5.63. The Morgan fingerprint density at radius 1 is 1.42 bits per heavy atom. The van der Waals surface area contributed by atoms with Gasteiger partial charge in [-0.2, -0.15) is 8.42 Å². The molecule has 1 atom stereocenters. The first kappa shape index (κ1) is 14.1. The van der Waals surface area contributed by atoms with Crippen LogP contribution in [0.4, 0.5) is 0 Å². The molecule has 7 heteroatoms. The van der Waals surface area contributed by atoms with Crippen LogP contribution in [0.1, 0.15) is 24.5 Å². The lowest BCUT2D eigenvalue weighted by molar-refractivity contribution is -0.144. The van der Waals surface area contributed by atoms with E-state index in [9.17, 15) is 13.2 Å². The molecule has 1 aromatic rings. The summed E-state index contributed by atoms with van der Waals surface area (Å²) in [5.74, 6) is 0.0203. The van der Waals surface area contributed by atoms with Crippen molar-refractivity contribution in [2.45, 2.75) is 25.8 Å². The number of methoxy groups -OCH3 is 1. The van der Waals surface area contributed by atoms with Crippen LogP contribution in [0.15, 0.2) is 18.2 Å². The van der Waals surface area contributed by atoms with E-state index in [0.717, 1.165) is 5.56 Å². The third kappa shape index (κ3) is 2.19. The number of amides is 1. The molecule has 0 N–H and O–H groups in total. The zero-order chi connectivity index (χ0) is 14.4. The molecule has 1 saturated heterocycles. The highest BCUT2D eigenvalue weighted by atomic mass is 35.7. The van der Waals surface area contributed by atoms with E-state index in [1.807, 2.05) is 13.0 Å². The fraction of sp³-hybridized carbons (Fsp3) is 0.417. The highest BCUT2D eigenvalue weighted by Crippen LogP contribution is 2.47. The van der Waals surface area contributed by atoms with E-state index in [4.69, 9.17) is 15.4 Å². The number of halogens is 1. The first-order chi connectivity index (χ1) is 8.70. The number of nitrogens with zero attached hydrogens (tertiary/aromatic N) is 1. The molecule has 0 aliphatic carbocycles. The molecule has 1 aliphatic rings. The predicted molar refractivity (Wildman–Crippen MR) is 71.3 cm³/mol. The van der Waals surface area contributed by atoms with Crippen LogP contribution in [0.3, 0.4) is 0 Å². The Balaban J connectivity index is 2.58. The molecule has 1 aliphatic heterocycles. The molecule has 19 heavy (non-hydrogen) atoms. The minimum absolute atomic E-state index is 0.0821. The normalized spacial score (nSPS) is 23.2. The van der Waals surface area contributed by atoms with E-state index in [1.165, 1.54) is 7.11 Å². The first-order valence-corrected chi connectivity index (χ1v) is 7.90. The molecule has 0 radical (unpaired) electrons. The van der Waals surface area contributed by atoms with Crippen molar-refractivity contribution < 1.29 is 17.9 Å². The van der Waals surface area contributed by atoms with Crippen molar-refractivity contribution in [2.24, 2.45) is 0 Å². The van der Waals surface area contributed by atoms with E-state index < -0.39 is 20.7 Å². The third-order valence-corrected chi connectivity index (χ3v) is 4.78. The molecular formula is C12H14ClNO4S. The fourth-order valence-corrected chi connectivity index (χ4v) is 4.07. The molecular weight excluding hydrogens is 290 g/mol. The molecule has 104 valence electrons. The van der Waals surface area contributed by atoms with Gasteiger partial charge in [0.1, 0.15) is 5.75 Å². The Hall–Kier alpha value is -1.27. The average Bonchev–Trinajstić information content (AvgIpc) is 2.25. The maximum absolute atomic E-state index is 11.6. The van der Waals surface area contributed by atoms with E-state index >= 15 is 0 Å². The number of ether oxygens (including phenoxy) is 1. The van der Waals surface area contributed by atoms with E-state index in [1.54, 1.807) is 19.1 Å². The zero-order valence-electron chi connectivity index (χ0n) is 10.8. The van der Waals surface area contributed by atoms with Crippen LogP contribution < -0.4 is 4.74 Å². The van der Waals surface area contributed by atoms with Gasteiger partial charge in [-0.05, 0) is 26.0 Å². The Labute approximate surface area is 116 Å². The van der Waals surface area contributed by atoms with Gasteiger partial charge in [0.05, 0.1) is 19.1 Å². The minimum Gasteiger partial charge on any atom is -0.496 e. The second-order valence-electron chi connectivity index (χ2n) is 4.75. The lowest BCUT2D eigenvalue weighted by Gasteiger charge is -2.47. The Bertz CT molecular complexity index is 643. The summed E-state index contributed by atoms with van der Waals surface area (Å²) in [7, 11) is 2.73. The molecule has 0 spiro atoms. The number of β-lactam (4-membered cyclic amide) rings is 1. The van der Waals surface area contributed by atoms with E-state index in [-0.39, 0.29) is 6.42 Å². The minimum atomic E-state index is -4.11. The van der Waals surface area contributed by atoms with Crippen molar-refractivity contribution >= 4 is 25.8 Å². The van der Waals surface area contributed by atoms with Crippen molar-refractivity contribution in [3.05, 3.63) is 29.3 Å². The molecule has 1 aromatic carbocycles. The summed E-state index contributed by atoms with van der Waals surface area (Å²) >= 11 is 0. The number of hydrogen-bond donors (Lipinski definition) is 0. The van der Waals surface area contributed by atoms with Crippen molar-refractivity contribution in [2.75, 3.05) is 7.11 Å². The fourth-order valence-electron chi connectivity index (χ4n) is 2.43. The van der Waals surface area contributed by atoms with Gasteiger partial charge in [0.2, 0.25) is 5.91 Å². The van der Waals surface area contributed by atoms with Crippen molar-refractivity contribution in [3.63, 3.8) is 0 Å². The zero-order valence-corrected chi connectivity index (χ0v) is 12.4. The molecule has 0 bridgehead atoms. The van der Waals surface area contributed by atoms with Crippen LogP contribution in [0.25, 0.3) is 0 Å². The van der Waals surface area contributed by atoms with E-state index in [0.29, 0.717) is 15.6 Å². The smallest absolute Gasteiger partial charge is 0.324 e. The third-order valence-electron chi connectivity index (χ3n) is 3.32. The summed E-state index contributed by atoms with van der Waals surface area (Å²) < 4.78 is 29.0. The van der Waals surface area contributed by atoms with Gasteiger partial charge in [-0.1, -0.05) is 11.6 Å². The molecule has 1 heterocycles. The quantitative estimate of drug-likeness (QED) is 0.632. The lowest BCUT2D eigenvalue weighted by atomic mass is 9.81. The van der Waals surface area contributed by atoms with Gasteiger partial charge >= 0.3 is 9.24 Å². The van der Waals surface area contributed by atoms with Crippen LogP contribution in [0, 0.1) is 6.92 Å². The number of rotatable bonds is 3. The van der Waals surface area contributed by atoms with Gasteiger partial charge in [-0.15, -0.1) is 0 Å². The van der Waals surface area contributed by atoms with Gasteiger partial charge in [-0.3, -0.25) is 4.79 Å². The second-order valence-corrected chi connectivity index (χ2v) is 7.11. The predicted octanol–water partition coefficient (Wildman–Crippen LogP) is 1.93. The summed E-state index contributed by atoms with van der Waals surface area (Å²) in [5, 5.41) is 0. The Kier molecular flexibility index (Phi) is 3.26. The summed E-state index contributed by atoms with van der Waals surface area (Å²) in [4.78, 5) is 11.6. The van der Waals surface area contributed by atoms with Crippen LogP contribution in [0.5, 0.6) is 5.75 Å². The number of benzene rings is 1. The maximum Gasteiger partial charge on any atom is 0.324 e. The van der Waals surface area contributed by atoms with Gasteiger partial charge in [0, 0.05) is 16.2 Å². The standard InChI is InChI=1S/C12H14ClNO4S/c1-8-4-5-10(18-3)9(6-8)12(2)7-11(15)14(12)19(13,16)17/h4-6H,7H2,1-3H3. The highest BCUT2D eigenvalue weighted by Gasteiger charge is 2.55. The van der Waals surface area contributed by atoms with Crippen LogP contribution in [-0.4, -0.2) is 25.7 Å². The van der Waals surface area contributed by atoms with Gasteiger partial charge in [0.25, 0.3) is 0 Å². The maximum atomic E-state index is 11.6. The summed E-state index contributed by atoms with van der Waals surface area (Å²) in [5.41, 5.74) is 0.594. The Morgan fingerprint density at radius 3 is 2.53 bits per heavy atom. The lowest BCUT2D eigenvalue weighted by Crippen LogP contribution is -2.60. The monoisotopic (exact) mass is 303 g/mol. The highest BCUT2D eigenvalue weighted by molar-refractivity contribution is 8.12. The molecule has 0 saturated carbocycles. The summed E-state index contributed by atoms with van der Waals surface area (Å²) in [6.07, 6.45) is 0.0821. The molecule has 1 amide bonds. The van der Waals surface area contributed by atoms with Gasteiger partial charge in [0.15, 0.2) is 0 Å². The van der Waals surface area contributed by atoms with Crippen molar-refractivity contribution in [3.8, 4) is 5.75 Å². The van der Waals surface area contributed by atoms with Gasteiger partial charge < -0.3 is 4.74 Å².